The van der Waals surface area contributed by atoms with Crippen LogP contribution in [0.15, 0.2) is 30.6 Å². The van der Waals surface area contributed by atoms with E-state index in [2.05, 4.69) is 25.1 Å². The monoisotopic (exact) mass is 303 g/mol. The fourth-order valence-electron chi connectivity index (χ4n) is 1.74. The van der Waals surface area contributed by atoms with E-state index in [1.54, 1.807) is 29.1 Å². The highest BCUT2D eigenvalue weighted by atomic mass is 16.5. The molecule has 2 rings (SSSR count). The van der Waals surface area contributed by atoms with Gasteiger partial charge in [-0.25, -0.2) is 14.3 Å². The van der Waals surface area contributed by atoms with E-state index in [1.807, 2.05) is 0 Å². The second kappa shape index (κ2) is 7.87. The van der Waals surface area contributed by atoms with Gasteiger partial charge in [0.25, 0.3) is 5.78 Å². The number of hydrogen-bond acceptors (Lipinski definition) is 6. The summed E-state index contributed by atoms with van der Waals surface area (Å²) >= 11 is 0. The first-order valence-electron chi connectivity index (χ1n) is 6.86. The van der Waals surface area contributed by atoms with Crippen molar-refractivity contribution in [2.75, 3.05) is 13.7 Å². The summed E-state index contributed by atoms with van der Waals surface area (Å²) in [6.45, 7) is 0.465. The normalized spacial score (nSPS) is 11.0. The number of carbonyl (C=O) groups is 2. The summed E-state index contributed by atoms with van der Waals surface area (Å²) in [6, 6.07) is 1.76. The number of nitrogens with one attached hydrogen (secondary N) is 1. The Morgan fingerprint density at radius 2 is 2.32 bits per heavy atom. The molecule has 0 bridgehead atoms. The second-order valence-corrected chi connectivity index (χ2v) is 4.46. The number of ether oxygens (including phenoxy) is 1. The van der Waals surface area contributed by atoms with Crippen LogP contribution in [0.1, 0.15) is 18.7 Å². The molecule has 22 heavy (non-hydrogen) atoms. The molecular weight excluding hydrogens is 286 g/mol. The molecular formula is C14H17N5O3. The fraction of sp³-hybridized carbons (Fsp3) is 0.357. The minimum Gasteiger partial charge on any atom is -0.466 e. The van der Waals surface area contributed by atoms with Crippen LogP contribution in [0.3, 0.4) is 0 Å². The van der Waals surface area contributed by atoms with Crippen molar-refractivity contribution in [2.45, 2.75) is 19.3 Å². The maximum absolute atomic E-state index is 11.7. The molecule has 0 spiro atoms. The first-order chi connectivity index (χ1) is 10.7. The standard InChI is InChI=1S/C14H17N5O3/c1-22-13(21)5-2-3-8-15-12(20)7-6-11-17-14-16-9-4-10-19(14)18-11/h2,4-5,9-10H,3,6-8H2,1H3,(H,15,20)/b5-2+. The van der Waals surface area contributed by atoms with Gasteiger partial charge in [-0.2, -0.15) is 4.98 Å². The van der Waals surface area contributed by atoms with Gasteiger partial charge in [0.05, 0.1) is 7.11 Å². The number of carbonyl (C=O) groups excluding carboxylic acids is 2. The van der Waals surface area contributed by atoms with Gasteiger partial charge < -0.3 is 10.1 Å². The number of amides is 1. The number of methoxy groups -OCH3 is 1. The smallest absolute Gasteiger partial charge is 0.330 e. The predicted octanol–water partition coefficient (Wildman–Crippen LogP) is 0.292. The average Bonchev–Trinajstić information content (AvgIpc) is 2.95. The van der Waals surface area contributed by atoms with E-state index in [1.165, 1.54) is 13.2 Å². The van der Waals surface area contributed by atoms with Crippen LogP contribution < -0.4 is 5.32 Å². The number of fused-ring (bicyclic) bond motifs is 1. The van der Waals surface area contributed by atoms with Gasteiger partial charge in [-0.15, -0.1) is 5.10 Å². The number of nitrogens with zero attached hydrogens (tertiary/aromatic N) is 4. The summed E-state index contributed by atoms with van der Waals surface area (Å²) in [5.41, 5.74) is 0. The molecule has 0 unspecified atom stereocenters. The summed E-state index contributed by atoms with van der Waals surface area (Å²) in [7, 11) is 1.32. The van der Waals surface area contributed by atoms with Crippen LogP contribution in [-0.4, -0.2) is 45.1 Å². The molecule has 0 saturated carbocycles. The molecule has 1 N–H and O–H groups in total. The molecule has 2 heterocycles. The highest BCUT2D eigenvalue weighted by Gasteiger charge is 2.07. The van der Waals surface area contributed by atoms with Crippen LogP contribution in [0.25, 0.3) is 5.78 Å². The van der Waals surface area contributed by atoms with E-state index in [4.69, 9.17) is 0 Å². The molecule has 0 atom stereocenters. The van der Waals surface area contributed by atoms with Crippen molar-refractivity contribution in [3.8, 4) is 0 Å². The fourth-order valence-corrected chi connectivity index (χ4v) is 1.74. The Morgan fingerprint density at radius 3 is 3.09 bits per heavy atom. The van der Waals surface area contributed by atoms with Crippen LogP contribution >= 0.6 is 0 Å². The lowest BCUT2D eigenvalue weighted by Gasteiger charge is -2.01. The van der Waals surface area contributed by atoms with Gasteiger partial charge in [0.2, 0.25) is 5.91 Å². The van der Waals surface area contributed by atoms with Gasteiger partial charge >= 0.3 is 5.97 Å². The Hall–Kier alpha value is -2.77. The van der Waals surface area contributed by atoms with Crippen LogP contribution in [0, 0.1) is 0 Å². The third kappa shape index (κ3) is 4.65. The molecule has 8 heteroatoms. The molecule has 0 fully saturated rings. The predicted molar refractivity (Wildman–Crippen MR) is 77.9 cm³/mol. The lowest BCUT2D eigenvalue weighted by molar-refractivity contribution is -0.134. The summed E-state index contributed by atoms with van der Waals surface area (Å²) in [5, 5.41) is 6.98. The highest BCUT2D eigenvalue weighted by Crippen LogP contribution is 2.00. The van der Waals surface area contributed by atoms with Crippen molar-refractivity contribution in [3.63, 3.8) is 0 Å². The Bertz CT molecular complexity index is 647. The third-order valence-corrected chi connectivity index (χ3v) is 2.82. The molecule has 0 aliphatic heterocycles. The van der Waals surface area contributed by atoms with Gasteiger partial charge in [-0.05, 0) is 12.5 Å². The van der Waals surface area contributed by atoms with Gasteiger partial charge in [-0.1, -0.05) is 6.08 Å². The lowest BCUT2D eigenvalue weighted by Crippen LogP contribution is -2.24. The van der Waals surface area contributed by atoms with E-state index in [-0.39, 0.29) is 5.91 Å². The molecule has 0 saturated heterocycles. The Morgan fingerprint density at radius 1 is 1.45 bits per heavy atom. The summed E-state index contributed by atoms with van der Waals surface area (Å²) in [6.07, 6.45) is 7.71. The number of aromatic nitrogens is 4. The topological polar surface area (TPSA) is 98.5 Å². The molecule has 2 aromatic heterocycles. The third-order valence-electron chi connectivity index (χ3n) is 2.82. The zero-order chi connectivity index (χ0) is 15.8. The van der Waals surface area contributed by atoms with E-state index in [0.717, 1.165) is 0 Å². The van der Waals surface area contributed by atoms with Crippen molar-refractivity contribution in [1.82, 2.24) is 24.9 Å². The minimum absolute atomic E-state index is 0.0849. The molecule has 1 amide bonds. The van der Waals surface area contributed by atoms with Crippen LogP contribution in [0.5, 0.6) is 0 Å². The molecule has 0 aliphatic carbocycles. The van der Waals surface area contributed by atoms with E-state index < -0.39 is 5.97 Å². The lowest BCUT2D eigenvalue weighted by atomic mass is 10.3. The number of esters is 1. The molecule has 0 radical (unpaired) electrons. The second-order valence-electron chi connectivity index (χ2n) is 4.46. The van der Waals surface area contributed by atoms with Crippen molar-refractivity contribution < 1.29 is 14.3 Å². The number of rotatable bonds is 7. The van der Waals surface area contributed by atoms with Crippen molar-refractivity contribution in [3.05, 3.63) is 36.4 Å². The quantitative estimate of drug-likeness (QED) is 0.448. The number of aryl methyl sites for hydroxylation is 1. The van der Waals surface area contributed by atoms with Crippen LogP contribution in [0.4, 0.5) is 0 Å². The zero-order valence-electron chi connectivity index (χ0n) is 12.2. The van der Waals surface area contributed by atoms with Gasteiger partial charge in [-0.3, -0.25) is 4.79 Å². The van der Waals surface area contributed by atoms with Crippen molar-refractivity contribution in [1.29, 1.82) is 0 Å². The van der Waals surface area contributed by atoms with Crippen LogP contribution in [-0.2, 0) is 20.7 Å². The largest absolute Gasteiger partial charge is 0.466 e. The van der Waals surface area contributed by atoms with E-state index in [0.29, 0.717) is 37.4 Å². The Kier molecular flexibility index (Phi) is 5.58. The van der Waals surface area contributed by atoms with Crippen LogP contribution in [0.2, 0.25) is 0 Å². The maximum Gasteiger partial charge on any atom is 0.330 e. The van der Waals surface area contributed by atoms with Gasteiger partial charge in [0.1, 0.15) is 0 Å². The minimum atomic E-state index is -0.405. The molecule has 116 valence electrons. The highest BCUT2D eigenvalue weighted by molar-refractivity contribution is 5.81. The summed E-state index contributed by atoms with van der Waals surface area (Å²) in [5.74, 6) is 0.612. The molecule has 0 aliphatic rings. The SMILES string of the molecule is COC(=O)/C=C/CCNC(=O)CCc1nc2ncccn2n1. The Balaban J connectivity index is 1.69. The van der Waals surface area contributed by atoms with Gasteiger partial charge in [0.15, 0.2) is 5.82 Å². The van der Waals surface area contributed by atoms with E-state index in [9.17, 15) is 9.59 Å². The van der Waals surface area contributed by atoms with Gasteiger partial charge in [0, 0.05) is 37.9 Å². The molecule has 8 nitrogen and oxygen atoms in total. The molecule has 0 aromatic carbocycles. The number of hydrogen-bond donors (Lipinski definition) is 1. The van der Waals surface area contributed by atoms with E-state index >= 15 is 0 Å². The van der Waals surface area contributed by atoms with Crippen molar-refractivity contribution in [2.24, 2.45) is 0 Å². The first kappa shape index (κ1) is 15.6. The summed E-state index contributed by atoms with van der Waals surface area (Å²) in [4.78, 5) is 30.8. The average molecular weight is 303 g/mol. The molecule has 2 aromatic rings. The first-order valence-corrected chi connectivity index (χ1v) is 6.86. The maximum atomic E-state index is 11.7. The Labute approximate surface area is 127 Å². The summed E-state index contributed by atoms with van der Waals surface area (Å²) < 4.78 is 6.03. The van der Waals surface area contributed by atoms with Crippen molar-refractivity contribution >= 4 is 17.7 Å². The zero-order valence-corrected chi connectivity index (χ0v) is 12.2.